The van der Waals surface area contributed by atoms with Crippen molar-refractivity contribution < 1.29 is 28.4 Å². The number of ether oxygens (including phenoxy) is 6. The van der Waals surface area contributed by atoms with Crippen LogP contribution in [0.4, 0.5) is 17.8 Å². The average molecular weight is 747 g/mol. The summed E-state index contributed by atoms with van der Waals surface area (Å²) in [5, 5.41) is 3.78. The van der Waals surface area contributed by atoms with Gasteiger partial charge in [0.1, 0.15) is 13.2 Å². The van der Waals surface area contributed by atoms with E-state index in [2.05, 4.69) is 67.7 Å². The molecule has 270 valence electrons. The zero-order chi connectivity index (χ0) is 34.6. The van der Waals surface area contributed by atoms with Crippen molar-refractivity contribution in [2.24, 2.45) is 0 Å². The number of fused-ring (bicyclic) bond motifs is 4. The highest BCUT2D eigenvalue weighted by molar-refractivity contribution is 6.31. The molecule has 2 aromatic rings. The molecule has 0 radical (unpaired) electrons. The Morgan fingerprint density at radius 1 is 0.612 bits per heavy atom. The molecule has 0 amide bonds. The number of morpholine rings is 6. The third kappa shape index (κ3) is 9.22. The molecular formula is C30H44Cl3N10O6+. The Kier molecular flexibility index (Phi) is 12.0. The molecule has 0 aromatic carbocycles. The van der Waals surface area contributed by atoms with E-state index in [4.69, 9.17) is 68.2 Å². The van der Waals surface area contributed by atoms with Gasteiger partial charge in [-0.25, -0.2) is 0 Å². The number of halogens is 3. The molecule has 4 bridgehead atoms. The highest BCUT2D eigenvalue weighted by Crippen LogP contribution is 2.30. The third-order valence-corrected chi connectivity index (χ3v) is 9.32. The topological polar surface area (TPSA) is 154 Å². The second-order valence-corrected chi connectivity index (χ2v) is 14.7. The summed E-state index contributed by atoms with van der Waals surface area (Å²) in [6.07, 6.45) is 0. The van der Waals surface area contributed by atoms with Crippen LogP contribution in [0.15, 0.2) is 0 Å². The Hall–Kier alpha value is -2.12. The zero-order valence-electron chi connectivity index (χ0n) is 28.2. The molecule has 6 aliphatic heterocycles. The van der Waals surface area contributed by atoms with Crippen LogP contribution >= 0.6 is 34.8 Å². The molecular weight excluding hydrogens is 703 g/mol. The molecule has 6 saturated heterocycles. The molecule has 19 heteroatoms. The van der Waals surface area contributed by atoms with Gasteiger partial charge < -0.3 is 38.4 Å². The van der Waals surface area contributed by atoms with E-state index in [1.54, 1.807) is 0 Å². The highest BCUT2D eigenvalue weighted by Gasteiger charge is 2.39. The largest absolute Gasteiger partial charge is 0.377 e. The molecule has 8 heterocycles. The van der Waals surface area contributed by atoms with E-state index in [1.807, 2.05) is 11.5 Å². The van der Waals surface area contributed by atoms with Gasteiger partial charge in [-0.3, -0.25) is 5.32 Å². The quantitative estimate of drug-likeness (QED) is 0.456. The van der Waals surface area contributed by atoms with Crippen LogP contribution in [-0.2, 0) is 28.4 Å². The van der Waals surface area contributed by atoms with Crippen molar-refractivity contribution in [2.75, 3.05) is 100 Å². The maximum Gasteiger partial charge on any atom is 0.248 e. The van der Waals surface area contributed by atoms with Crippen LogP contribution in [-0.4, -0.2) is 151 Å². The lowest BCUT2D eigenvalue weighted by Crippen LogP contribution is -2.60. The zero-order valence-corrected chi connectivity index (χ0v) is 30.5. The summed E-state index contributed by atoms with van der Waals surface area (Å²) in [4.78, 5) is 31.7. The SMILES string of the molecule is CC1(C)COCCN1c1nc(Cl)nc(Cl)n1.CC1(C)COCCN1c1nc(Cl)nc(N2C3COCC2COC3)n1.[CH+]1OCC2COCC1N2. The molecule has 0 saturated carbocycles. The fourth-order valence-electron chi connectivity index (χ4n) is 6.38. The molecule has 2 aromatic heterocycles. The minimum atomic E-state index is -0.190. The van der Waals surface area contributed by atoms with Crippen LogP contribution in [0, 0.1) is 6.61 Å². The van der Waals surface area contributed by atoms with Crippen molar-refractivity contribution in [3.05, 3.63) is 22.5 Å². The Morgan fingerprint density at radius 2 is 1.10 bits per heavy atom. The molecule has 6 aliphatic rings. The first-order chi connectivity index (χ1) is 23.5. The lowest BCUT2D eigenvalue weighted by Gasteiger charge is -2.46. The molecule has 49 heavy (non-hydrogen) atoms. The maximum absolute atomic E-state index is 6.23. The first-order valence-electron chi connectivity index (χ1n) is 16.4. The summed E-state index contributed by atoms with van der Waals surface area (Å²) >= 11 is 17.7. The van der Waals surface area contributed by atoms with Crippen LogP contribution in [0.5, 0.6) is 0 Å². The summed E-state index contributed by atoms with van der Waals surface area (Å²) in [5.74, 6) is 1.70. The number of hydrogen-bond donors (Lipinski definition) is 1. The van der Waals surface area contributed by atoms with Gasteiger partial charge in [0.25, 0.3) is 0 Å². The summed E-state index contributed by atoms with van der Waals surface area (Å²) in [7, 11) is 0. The Balaban J connectivity index is 0.000000142. The number of rotatable bonds is 3. The van der Waals surface area contributed by atoms with Gasteiger partial charge in [0.2, 0.25) is 46.3 Å². The van der Waals surface area contributed by atoms with Crippen molar-refractivity contribution in [1.29, 1.82) is 0 Å². The third-order valence-electron chi connectivity index (χ3n) is 8.81. The van der Waals surface area contributed by atoms with Crippen molar-refractivity contribution in [1.82, 2.24) is 35.2 Å². The van der Waals surface area contributed by atoms with E-state index < -0.39 is 0 Å². The average Bonchev–Trinajstić information content (AvgIpc) is 3.04. The van der Waals surface area contributed by atoms with Gasteiger partial charge in [-0.1, -0.05) is 0 Å². The van der Waals surface area contributed by atoms with Gasteiger partial charge >= 0.3 is 0 Å². The molecule has 2 atom stereocenters. The van der Waals surface area contributed by atoms with Crippen LogP contribution in [0.2, 0.25) is 15.9 Å². The monoisotopic (exact) mass is 745 g/mol. The molecule has 1 N–H and O–H groups in total. The maximum atomic E-state index is 6.23. The Morgan fingerprint density at radius 3 is 1.61 bits per heavy atom. The predicted molar refractivity (Wildman–Crippen MR) is 183 cm³/mol. The van der Waals surface area contributed by atoms with E-state index in [0.29, 0.717) is 89.3 Å². The summed E-state index contributed by atoms with van der Waals surface area (Å²) in [6.45, 7) is 18.9. The fraction of sp³-hybridized carbons (Fsp3) is 0.767. The predicted octanol–water partition coefficient (Wildman–Crippen LogP) is 2.07. The van der Waals surface area contributed by atoms with Crippen molar-refractivity contribution in [3.63, 3.8) is 0 Å². The highest BCUT2D eigenvalue weighted by atomic mass is 35.5. The standard InChI is InChI=1S/C15H22ClN5O3.C9H12Cl2N4O.C6H10NO2/c1-15(2)9-22-4-3-20(15)13-17-12(16)18-14(19-13)21-10-5-23-7-11(21)8-24-6-10;1-9(2)5-16-4-3-15(9)8-13-6(10)12-7(11)14-8;1-5-2-9-4-6(7-5)3-8-1/h10-11H,3-9H2,1-2H3;3-5H2,1-2H3;1,5-7H,2-4H2/q;;+1. The van der Waals surface area contributed by atoms with Gasteiger partial charge in [-0.2, -0.15) is 34.6 Å². The number of nitrogens with zero attached hydrogens (tertiary/aromatic N) is 9. The molecule has 16 nitrogen and oxygen atoms in total. The van der Waals surface area contributed by atoms with Gasteiger partial charge in [-0.15, -0.1) is 0 Å². The van der Waals surface area contributed by atoms with Gasteiger partial charge in [0.15, 0.2) is 0 Å². The first-order valence-corrected chi connectivity index (χ1v) is 17.5. The van der Waals surface area contributed by atoms with E-state index >= 15 is 0 Å². The van der Waals surface area contributed by atoms with E-state index in [9.17, 15) is 0 Å². The van der Waals surface area contributed by atoms with Crippen LogP contribution < -0.4 is 20.0 Å². The Bertz CT molecular complexity index is 1350. The van der Waals surface area contributed by atoms with E-state index in [0.717, 1.165) is 26.4 Å². The second kappa shape index (κ2) is 16.0. The van der Waals surface area contributed by atoms with Crippen LogP contribution in [0.3, 0.4) is 0 Å². The lowest BCUT2D eigenvalue weighted by molar-refractivity contribution is -0.0355. The van der Waals surface area contributed by atoms with Crippen LogP contribution in [0.1, 0.15) is 27.7 Å². The number of hydrogen-bond acceptors (Lipinski definition) is 16. The second-order valence-electron chi connectivity index (χ2n) is 13.7. The lowest BCUT2D eigenvalue weighted by atomic mass is 10.0. The minimum Gasteiger partial charge on any atom is -0.377 e. The smallest absolute Gasteiger partial charge is 0.248 e. The molecule has 0 aliphatic carbocycles. The fourth-order valence-corrected chi connectivity index (χ4v) is 6.89. The van der Waals surface area contributed by atoms with E-state index in [-0.39, 0.29) is 39.0 Å². The van der Waals surface area contributed by atoms with Crippen molar-refractivity contribution in [2.45, 2.75) is 62.9 Å². The minimum absolute atomic E-state index is 0.109. The number of aromatic nitrogens is 6. The van der Waals surface area contributed by atoms with Crippen LogP contribution in [0.25, 0.3) is 0 Å². The molecule has 2 unspecified atom stereocenters. The summed E-state index contributed by atoms with van der Waals surface area (Å²) in [6, 6.07) is 0.981. The first kappa shape index (κ1) is 36.7. The normalized spacial score (nSPS) is 28.7. The van der Waals surface area contributed by atoms with Crippen molar-refractivity contribution >= 4 is 52.6 Å². The molecule has 8 rings (SSSR count). The Labute approximate surface area is 301 Å². The van der Waals surface area contributed by atoms with Gasteiger partial charge in [0.05, 0.1) is 88.7 Å². The molecule has 6 fully saturated rings. The van der Waals surface area contributed by atoms with Crippen molar-refractivity contribution in [3.8, 4) is 0 Å². The van der Waals surface area contributed by atoms with Gasteiger partial charge in [-0.05, 0) is 62.5 Å². The molecule has 0 spiro atoms. The summed E-state index contributed by atoms with van der Waals surface area (Å²) in [5.41, 5.74) is -0.365. The number of anilines is 3. The van der Waals surface area contributed by atoms with E-state index in [1.165, 1.54) is 0 Å². The number of nitrogens with one attached hydrogen (secondary N) is 1. The van der Waals surface area contributed by atoms with Gasteiger partial charge in [0, 0.05) is 13.1 Å². The summed E-state index contributed by atoms with van der Waals surface area (Å²) < 4.78 is 32.7.